The van der Waals surface area contributed by atoms with Gasteiger partial charge in [0.15, 0.2) is 0 Å². The maximum atomic E-state index is 12.3. The second kappa shape index (κ2) is 7.14. The SMILES string of the molecule is COc1ccc(C(C(=O)N[C@@H](C)CO)C(C)C)cc1. The number of hydrogen-bond acceptors (Lipinski definition) is 3. The fraction of sp³-hybridized carbons (Fsp3) is 0.533. The molecule has 19 heavy (non-hydrogen) atoms. The average Bonchev–Trinajstić information content (AvgIpc) is 2.39. The van der Waals surface area contributed by atoms with Crippen LogP contribution in [0.15, 0.2) is 24.3 Å². The van der Waals surface area contributed by atoms with Crippen LogP contribution in [0.25, 0.3) is 0 Å². The third kappa shape index (κ3) is 4.24. The molecular weight excluding hydrogens is 242 g/mol. The van der Waals surface area contributed by atoms with E-state index < -0.39 is 0 Å². The molecule has 1 aromatic carbocycles. The molecule has 0 saturated carbocycles. The number of rotatable bonds is 6. The van der Waals surface area contributed by atoms with Gasteiger partial charge < -0.3 is 15.2 Å². The molecule has 0 heterocycles. The first-order valence-electron chi connectivity index (χ1n) is 6.54. The fourth-order valence-electron chi connectivity index (χ4n) is 2.03. The molecule has 0 spiro atoms. The van der Waals surface area contributed by atoms with Crippen LogP contribution >= 0.6 is 0 Å². The highest BCUT2D eigenvalue weighted by molar-refractivity contribution is 5.84. The van der Waals surface area contributed by atoms with Gasteiger partial charge in [-0.15, -0.1) is 0 Å². The zero-order valence-corrected chi connectivity index (χ0v) is 12.0. The van der Waals surface area contributed by atoms with Gasteiger partial charge in [-0.3, -0.25) is 4.79 Å². The van der Waals surface area contributed by atoms with Crippen molar-refractivity contribution >= 4 is 5.91 Å². The van der Waals surface area contributed by atoms with E-state index in [4.69, 9.17) is 9.84 Å². The molecule has 1 rings (SSSR count). The van der Waals surface area contributed by atoms with Crippen molar-refractivity contribution in [2.24, 2.45) is 5.92 Å². The minimum Gasteiger partial charge on any atom is -0.497 e. The van der Waals surface area contributed by atoms with Gasteiger partial charge in [-0.25, -0.2) is 0 Å². The van der Waals surface area contributed by atoms with Crippen molar-refractivity contribution in [3.63, 3.8) is 0 Å². The Bertz CT molecular complexity index is 400. The highest BCUT2D eigenvalue weighted by atomic mass is 16.5. The van der Waals surface area contributed by atoms with Crippen LogP contribution in [-0.2, 0) is 4.79 Å². The molecule has 2 N–H and O–H groups in total. The number of aliphatic hydroxyl groups excluding tert-OH is 1. The number of nitrogens with one attached hydrogen (secondary N) is 1. The second-order valence-corrected chi connectivity index (χ2v) is 5.09. The van der Waals surface area contributed by atoms with Gasteiger partial charge in [-0.2, -0.15) is 0 Å². The molecule has 0 aliphatic carbocycles. The second-order valence-electron chi connectivity index (χ2n) is 5.09. The monoisotopic (exact) mass is 265 g/mol. The van der Waals surface area contributed by atoms with E-state index in [1.165, 1.54) is 0 Å². The van der Waals surface area contributed by atoms with Gasteiger partial charge in [0.25, 0.3) is 0 Å². The Morgan fingerprint density at radius 1 is 1.26 bits per heavy atom. The van der Waals surface area contributed by atoms with Crippen molar-refractivity contribution in [1.29, 1.82) is 0 Å². The predicted octanol–water partition coefficient (Wildman–Crippen LogP) is 1.93. The minimum atomic E-state index is -0.230. The summed E-state index contributed by atoms with van der Waals surface area (Å²) in [5, 5.41) is 11.8. The van der Waals surface area contributed by atoms with Gasteiger partial charge in [0.1, 0.15) is 5.75 Å². The van der Waals surface area contributed by atoms with E-state index in [9.17, 15) is 4.79 Å². The molecular formula is C15H23NO3. The van der Waals surface area contributed by atoms with Crippen molar-refractivity contribution in [3.05, 3.63) is 29.8 Å². The van der Waals surface area contributed by atoms with E-state index in [1.807, 2.05) is 38.1 Å². The van der Waals surface area contributed by atoms with E-state index in [0.29, 0.717) is 0 Å². The molecule has 1 unspecified atom stereocenters. The molecule has 4 nitrogen and oxygen atoms in total. The van der Waals surface area contributed by atoms with E-state index in [1.54, 1.807) is 14.0 Å². The lowest BCUT2D eigenvalue weighted by Gasteiger charge is -2.23. The topological polar surface area (TPSA) is 58.6 Å². The lowest BCUT2D eigenvalue weighted by molar-refractivity contribution is -0.124. The predicted molar refractivity (Wildman–Crippen MR) is 75.3 cm³/mol. The summed E-state index contributed by atoms with van der Waals surface area (Å²) in [4.78, 5) is 12.3. The summed E-state index contributed by atoms with van der Waals surface area (Å²) in [6.07, 6.45) is 0. The third-order valence-corrected chi connectivity index (χ3v) is 3.09. The van der Waals surface area contributed by atoms with E-state index in [2.05, 4.69) is 5.32 Å². The van der Waals surface area contributed by atoms with Crippen LogP contribution in [0.1, 0.15) is 32.3 Å². The Morgan fingerprint density at radius 3 is 2.26 bits per heavy atom. The number of hydrogen-bond donors (Lipinski definition) is 2. The Hall–Kier alpha value is -1.55. The third-order valence-electron chi connectivity index (χ3n) is 3.09. The molecule has 0 saturated heterocycles. The van der Waals surface area contributed by atoms with E-state index in [0.717, 1.165) is 11.3 Å². The molecule has 106 valence electrons. The summed E-state index contributed by atoms with van der Waals surface area (Å²) in [5.41, 5.74) is 0.957. The fourth-order valence-corrected chi connectivity index (χ4v) is 2.03. The lowest BCUT2D eigenvalue weighted by atomic mass is 9.87. The number of amides is 1. The van der Waals surface area contributed by atoms with Crippen LogP contribution in [0, 0.1) is 5.92 Å². The molecule has 0 aliphatic rings. The Balaban J connectivity index is 2.90. The maximum absolute atomic E-state index is 12.3. The summed E-state index contributed by atoms with van der Waals surface area (Å²) in [7, 11) is 1.62. The zero-order chi connectivity index (χ0) is 14.4. The van der Waals surface area contributed by atoms with Crippen molar-refractivity contribution < 1.29 is 14.6 Å². The van der Waals surface area contributed by atoms with Crippen LogP contribution in [0.5, 0.6) is 5.75 Å². The van der Waals surface area contributed by atoms with Gasteiger partial charge >= 0.3 is 0 Å². The average molecular weight is 265 g/mol. The maximum Gasteiger partial charge on any atom is 0.228 e. The highest BCUT2D eigenvalue weighted by Gasteiger charge is 2.25. The summed E-state index contributed by atoms with van der Waals surface area (Å²) in [6, 6.07) is 7.30. The molecule has 0 aliphatic heterocycles. The smallest absolute Gasteiger partial charge is 0.228 e. The Labute approximate surface area is 114 Å². The van der Waals surface area contributed by atoms with Crippen LogP contribution in [0.2, 0.25) is 0 Å². The first-order chi connectivity index (χ1) is 8.99. The molecule has 2 atom stereocenters. The lowest BCUT2D eigenvalue weighted by Crippen LogP contribution is -2.39. The van der Waals surface area contributed by atoms with Crippen LogP contribution in [0.3, 0.4) is 0 Å². The summed E-state index contributed by atoms with van der Waals surface area (Å²) < 4.78 is 5.12. The van der Waals surface area contributed by atoms with Crippen molar-refractivity contribution in [2.75, 3.05) is 13.7 Å². The van der Waals surface area contributed by atoms with Crippen LogP contribution < -0.4 is 10.1 Å². The first-order valence-corrected chi connectivity index (χ1v) is 6.54. The Morgan fingerprint density at radius 2 is 1.84 bits per heavy atom. The van der Waals surface area contributed by atoms with Crippen LogP contribution in [0.4, 0.5) is 0 Å². The summed E-state index contributed by atoms with van der Waals surface area (Å²) >= 11 is 0. The summed E-state index contributed by atoms with van der Waals surface area (Å²) in [5.74, 6) is 0.677. The van der Waals surface area contributed by atoms with Gasteiger partial charge in [-0.05, 0) is 30.5 Å². The molecule has 0 fully saturated rings. The largest absolute Gasteiger partial charge is 0.497 e. The normalized spacial score (nSPS) is 14.0. The van der Waals surface area contributed by atoms with Gasteiger partial charge in [0.2, 0.25) is 5.91 Å². The molecule has 0 bridgehead atoms. The number of methoxy groups -OCH3 is 1. The van der Waals surface area contributed by atoms with E-state index in [-0.39, 0.29) is 30.4 Å². The molecule has 1 aromatic rings. The number of benzene rings is 1. The molecule has 0 aromatic heterocycles. The molecule has 4 heteroatoms. The van der Waals surface area contributed by atoms with Crippen LogP contribution in [-0.4, -0.2) is 30.8 Å². The molecule has 0 radical (unpaired) electrons. The number of carbonyl (C=O) groups is 1. The molecule has 1 amide bonds. The highest BCUT2D eigenvalue weighted by Crippen LogP contribution is 2.26. The van der Waals surface area contributed by atoms with Crippen molar-refractivity contribution in [2.45, 2.75) is 32.7 Å². The number of aliphatic hydroxyl groups is 1. The van der Waals surface area contributed by atoms with Crippen molar-refractivity contribution in [3.8, 4) is 5.75 Å². The van der Waals surface area contributed by atoms with Gasteiger partial charge in [0, 0.05) is 6.04 Å². The van der Waals surface area contributed by atoms with Crippen molar-refractivity contribution in [1.82, 2.24) is 5.32 Å². The minimum absolute atomic E-state index is 0.0540. The summed E-state index contributed by atoms with van der Waals surface area (Å²) in [6.45, 7) is 5.75. The quantitative estimate of drug-likeness (QED) is 0.826. The Kier molecular flexibility index (Phi) is 5.83. The van der Waals surface area contributed by atoms with Gasteiger partial charge in [0.05, 0.1) is 19.6 Å². The van der Waals surface area contributed by atoms with Gasteiger partial charge in [-0.1, -0.05) is 26.0 Å². The standard InChI is InChI=1S/C15H23NO3/c1-10(2)14(15(18)16-11(3)9-17)12-5-7-13(19-4)8-6-12/h5-8,10-11,14,17H,9H2,1-4H3,(H,16,18)/t11-,14?/m0/s1. The number of ether oxygens (including phenoxy) is 1. The first kappa shape index (κ1) is 15.5. The zero-order valence-electron chi connectivity index (χ0n) is 12.0. The number of carbonyl (C=O) groups excluding carboxylic acids is 1. The van der Waals surface area contributed by atoms with E-state index >= 15 is 0 Å².